The zero-order valence-corrected chi connectivity index (χ0v) is 17.2. The molecule has 8 nitrogen and oxygen atoms in total. The van der Waals surface area contributed by atoms with Crippen LogP contribution < -0.4 is 4.74 Å². The van der Waals surface area contributed by atoms with E-state index in [0.29, 0.717) is 43.5 Å². The molecule has 3 rings (SSSR count). The fourth-order valence-corrected chi connectivity index (χ4v) is 2.96. The summed E-state index contributed by atoms with van der Waals surface area (Å²) >= 11 is 0. The molecule has 0 atom stereocenters. The standard InChI is InChI=1S/C21H27N5O3/c1-4-27-20-13-19(22-14-23-20)16(3)25-28-11-6-12-29-26-18-8-5-7-17-10-9-15(2)24-21(17)18/h9-10,13-14H,4-8,11-12H2,1-3H3. The van der Waals surface area contributed by atoms with Crippen LogP contribution in [0.1, 0.15) is 55.8 Å². The third-order valence-corrected chi connectivity index (χ3v) is 4.40. The minimum Gasteiger partial charge on any atom is -0.478 e. The van der Waals surface area contributed by atoms with Gasteiger partial charge in [-0.2, -0.15) is 0 Å². The molecule has 1 aliphatic rings. The van der Waals surface area contributed by atoms with Crippen LogP contribution in [0, 0.1) is 6.92 Å². The molecule has 0 amide bonds. The average Bonchev–Trinajstić information content (AvgIpc) is 2.73. The number of pyridine rings is 1. The molecular formula is C21H27N5O3. The number of hydrogen-bond donors (Lipinski definition) is 0. The highest BCUT2D eigenvalue weighted by Gasteiger charge is 2.17. The normalized spacial score (nSPS) is 15.1. The number of oxime groups is 2. The van der Waals surface area contributed by atoms with Gasteiger partial charge in [-0.1, -0.05) is 16.4 Å². The topological polar surface area (TPSA) is 91.1 Å². The Labute approximate surface area is 171 Å². The van der Waals surface area contributed by atoms with Crippen LogP contribution in [0.25, 0.3) is 0 Å². The SMILES string of the molecule is CCOc1cc(C(C)=NOCCCON=C2CCCc3ccc(C)nc32)ncn1. The van der Waals surface area contributed by atoms with Gasteiger partial charge >= 0.3 is 0 Å². The maximum Gasteiger partial charge on any atom is 0.216 e. The van der Waals surface area contributed by atoms with Crippen molar-refractivity contribution in [1.82, 2.24) is 15.0 Å². The van der Waals surface area contributed by atoms with Gasteiger partial charge in [0.25, 0.3) is 0 Å². The monoisotopic (exact) mass is 397 g/mol. The Hall–Kier alpha value is -3.03. The van der Waals surface area contributed by atoms with Crippen LogP contribution in [0.5, 0.6) is 5.88 Å². The lowest BCUT2D eigenvalue weighted by molar-refractivity contribution is 0.0897. The molecule has 0 bridgehead atoms. The summed E-state index contributed by atoms with van der Waals surface area (Å²) in [6, 6.07) is 5.92. The number of fused-ring (bicyclic) bond motifs is 1. The molecule has 0 N–H and O–H groups in total. The second-order valence-electron chi connectivity index (χ2n) is 6.72. The van der Waals surface area contributed by atoms with Gasteiger partial charge in [0, 0.05) is 18.2 Å². The summed E-state index contributed by atoms with van der Waals surface area (Å²) in [5.41, 5.74) is 5.48. The van der Waals surface area contributed by atoms with Crippen LogP contribution in [-0.2, 0) is 16.1 Å². The molecule has 8 heteroatoms. The number of ether oxygens (including phenoxy) is 1. The molecule has 0 fully saturated rings. The van der Waals surface area contributed by atoms with Crippen molar-refractivity contribution < 1.29 is 14.4 Å². The van der Waals surface area contributed by atoms with Crippen molar-refractivity contribution in [2.45, 2.75) is 46.5 Å². The van der Waals surface area contributed by atoms with E-state index in [1.807, 2.05) is 26.8 Å². The zero-order chi connectivity index (χ0) is 20.5. The molecule has 154 valence electrons. The van der Waals surface area contributed by atoms with Crippen LogP contribution in [0.15, 0.2) is 34.8 Å². The van der Waals surface area contributed by atoms with E-state index in [2.05, 4.69) is 31.3 Å². The molecular weight excluding hydrogens is 370 g/mol. The number of nitrogens with zero attached hydrogens (tertiary/aromatic N) is 5. The first-order chi connectivity index (χ1) is 14.2. The molecule has 0 aliphatic heterocycles. The van der Waals surface area contributed by atoms with Crippen LogP contribution in [0.3, 0.4) is 0 Å². The molecule has 0 saturated heterocycles. The van der Waals surface area contributed by atoms with Crippen LogP contribution in [0.4, 0.5) is 0 Å². The highest BCUT2D eigenvalue weighted by molar-refractivity contribution is 6.00. The highest BCUT2D eigenvalue weighted by Crippen LogP contribution is 2.20. The summed E-state index contributed by atoms with van der Waals surface area (Å²) in [7, 11) is 0. The Morgan fingerprint density at radius 1 is 1.14 bits per heavy atom. The summed E-state index contributed by atoms with van der Waals surface area (Å²) in [5, 5.41) is 8.40. The Balaban J connectivity index is 1.43. The third-order valence-electron chi connectivity index (χ3n) is 4.40. The molecule has 2 heterocycles. The summed E-state index contributed by atoms with van der Waals surface area (Å²) in [5.74, 6) is 0.522. The number of aryl methyl sites for hydroxylation is 2. The summed E-state index contributed by atoms with van der Waals surface area (Å²) < 4.78 is 5.36. The smallest absolute Gasteiger partial charge is 0.216 e. The van der Waals surface area contributed by atoms with Gasteiger partial charge in [0.15, 0.2) is 0 Å². The molecule has 29 heavy (non-hydrogen) atoms. The average molecular weight is 397 g/mol. The van der Waals surface area contributed by atoms with Crippen molar-refractivity contribution >= 4 is 11.4 Å². The van der Waals surface area contributed by atoms with Crippen molar-refractivity contribution in [3.63, 3.8) is 0 Å². The van der Waals surface area contributed by atoms with Crippen LogP contribution in [0.2, 0.25) is 0 Å². The predicted molar refractivity (Wildman–Crippen MR) is 110 cm³/mol. The van der Waals surface area contributed by atoms with Gasteiger partial charge in [-0.25, -0.2) is 9.97 Å². The molecule has 0 aromatic carbocycles. The van der Waals surface area contributed by atoms with Crippen LogP contribution in [-0.4, -0.2) is 46.2 Å². The van der Waals surface area contributed by atoms with E-state index >= 15 is 0 Å². The van der Waals surface area contributed by atoms with E-state index in [0.717, 1.165) is 36.4 Å². The number of hydrogen-bond acceptors (Lipinski definition) is 8. The predicted octanol–water partition coefficient (Wildman–Crippen LogP) is 3.47. The van der Waals surface area contributed by atoms with Gasteiger partial charge in [0.05, 0.1) is 18.0 Å². The van der Waals surface area contributed by atoms with E-state index in [4.69, 9.17) is 14.4 Å². The Morgan fingerprint density at radius 3 is 2.86 bits per heavy atom. The molecule has 0 unspecified atom stereocenters. The quantitative estimate of drug-likeness (QED) is 0.366. The highest BCUT2D eigenvalue weighted by atomic mass is 16.6. The molecule has 2 aromatic heterocycles. The molecule has 2 aromatic rings. The second kappa shape index (κ2) is 10.5. The largest absolute Gasteiger partial charge is 0.478 e. The van der Waals surface area contributed by atoms with Crippen molar-refractivity contribution in [3.05, 3.63) is 47.2 Å². The fourth-order valence-electron chi connectivity index (χ4n) is 2.96. The Kier molecular flexibility index (Phi) is 7.49. The van der Waals surface area contributed by atoms with E-state index in [1.165, 1.54) is 11.9 Å². The molecule has 1 aliphatic carbocycles. The lowest BCUT2D eigenvalue weighted by atomic mass is 9.94. The first-order valence-electron chi connectivity index (χ1n) is 9.95. The minimum absolute atomic E-state index is 0.430. The zero-order valence-electron chi connectivity index (χ0n) is 17.2. The Morgan fingerprint density at radius 2 is 2.00 bits per heavy atom. The van der Waals surface area contributed by atoms with Crippen LogP contribution >= 0.6 is 0 Å². The maximum atomic E-state index is 5.49. The van der Waals surface area contributed by atoms with Gasteiger partial charge in [0.1, 0.15) is 31.0 Å². The fraction of sp³-hybridized carbons (Fsp3) is 0.476. The summed E-state index contributed by atoms with van der Waals surface area (Å²) in [6.45, 7) is 7.17. The minimum atomic E-state index is 0.430. The van der Waals surface area contributed by atoms with E-state index in [-0.39, 0.29) is 0 Å². The lowest BCUT2D eigenvalue weighted by Gasteiger charge is -2.16. The van der Waals surface area contributed by atoms with E-state index in [1.54, 1.807) is 6.07 Å². The van der Waals surface area contributed by atoms with Gasteiger partial charge in [-0.15, -0.1) is 0 Å². The van der Waals surface area contributed by atoms with Crippen molar-refractivity contribution in [1.29, 1.82) is 0 Å². The van der Waals surface area contributed by atoms with Gasteiger partial charge < -0.3 is 14.4 Å². The Bertz CT molecular complexity index is 882. The van der Waals surface area contributed by atoms with Crippen molar-refractivity contribution in [3.8, 4) is 5.88 Å². The van der Waals surface area contributed by atoms with Crippen molar-refractivity contribution in [2.24, 2.45) is 10.3 Å². The maximum absolute atomic E-state index is 5.49. The van der Waals surface area contributed by atoms with E-state index in [9.17, 15) is 0 Å². The summed E-state index contributed by atoms with van der Waals surface area (Å²) in [6.07, 6.45) is 5.14. The molecule has 0 radical (unpaired) electrons. The first kappa shape index (κ1) is 20.7. The third kappa shape index (κ3) is 5.97. The second-order valence-corrected chi connectivity index (χ2v) is 6.72. The van der Waals surface area contributed by atoms with E-state index < -0.39 is 0 Å². The summed E-state index contributed by atoms with van der Waals surface area (Å²) in [4.78, 5) is 23.7. The lowest BCUT2D eigenvalue weighted by Crippen LogP contribution is -2.15. The van der Waals surface area contributed by atoms with Gasteiger partial charge in [-0.05, 0) is 51.7 Å². The molecule has 0 spiro atoms. The van der Waals surface area contributed by atoms with Gasteiger partial charge in [-0.3, -0.25) is 4.98 Å². The van der Waals surface area contributed by atoms with Crippen molar-refractivity contribution in [2.75, 3.05) is 19.8 Å². The molecule has 0 saturated carbocycles. The number of rotatable bonds is 9. The first-order valence-corrected chi connectivity index (χ1v) is 9.95. The number of aromatic nitrogens is 3. The van der Waals surface area contributed by atoms with Gasteiger partial charge in [0.2, 0.25) is 5.88 Å².